The standard InChI is InChI=1S/C19H31N3O7/c1-5-6-11-27-20-13-7-8-14(21(12-13)18(26)28-19(2,3)4)17(25)29-22-15(23)9-10-16(22)24/h13-14,20H,5-12H2,1-4H3/t13-,14+/m1/s1. The Morgan fingerprint density at radius 2 is 1.79 bits per heavy atom. The first-order valence-electron chi connectivity index (χ1n) is 10.1. The third-order valence-electron chi connectivity index (χ3n) is 4.52. The van der Waals surface area contributed by atoms with Crippen molar-refractivity contribution in [3.05, 3.63) is 0 Å². The Hall–Kier alpha value is -2.20. The zero-order valence-corrected chi connectivity index (χ0v) is 17.6. The molecule has 3 amide bonds. The van der Waals surface area contributed by atoms with E-state index in [1.165, 1.54) is 4.90 Å². The van der Waals surface area contributed by atoms with E-state index in [4.69, 9.17) is 14.4 Å². The van der Waals surface area contributed by atoms with Gasteiger partial charge in [0.1, 0.15) is 11.6 Å². The molecular weight excluding hydrogens is 382 g/mol. The maximum atomic E-state index is 12.7. The average Bonchev–Trinajstić information content (AvgIpc) is 2.95. The number of rotatable bonds is 7. The van der Waals surface area contributed by atoms with Crippen molar-refractivity contribution in [3.8, 4) is 0 Å². The predicted octanol–water partition coefficient (Wildman–Crippen LogP) is 1.68. The molecule has 0 unspecified atom stereocenters. The summed E-state index contributed by atoms with van der Waals surface area (Å²) in [7, 11) is 0. The molecule has 0 radical (unpaired) electrons. The van der Waals surface area contributed by atoms with Crippen LogP contribution in [0.25, 0.3) is 0 Å². The number of amides is 3. The summed E-state index contributed by atoms with van der Waals surface area (Å²) in [5.74, 6) is -1.96. The quantitative estimate of drug-likeness (QED) is 0.381. The summed E-state index contributed by atoms with van der Waals surface area (Å²) in [6.45, 7) is 7.96. The topological polar surface area (TPSA) is 114 Å². The van der Waals surface area contributed by atoms with E-state index in [-0.39, 0.29) is 31.8 Å². The van der Waals surface area contributed by atoms with Crippen LogP contribution in [0.1, 0.15) is 66.2 Å². The summed E-state index contributed by atoms with van der Waals surface area (Å²) >= 11 is 0. The summed E-state index contributed by atoms with van der Waals surface area (Å²) in [4.78, 5) is 60.5. The van der Waals surface area contributed by atoms with Gasteiger partial charge in [0.2, 0.25) is 0 Å². The highest BCUT2D eigenvalue weighted by Gasteiger charge is 2.42. The Kier molecular flexibility index (Phi) is 7.97. The molecule has 10 heteroatoms. The van der Waals surface area contributed by atoms with E-state index < -0.39 is 35.5 Å². The molecule has 2 atom stereocenters. The molecule has 10 nitrogen and oxygen atoms in total. The van der Waals surface area contributed by atoms with Crippen molar-refractivity contribution < 1.29 is 33.6 Å². The van der Waals surface area contributed by atoms with Gasteiger partial charge >= 0.3 is 12.1 Å². The number of likely N-dealkylation sites (tertiary alicyclic amines) is 1. The average molecular weight is 413 g/mol. The van der Waals surface area contributed by atoms with Crippen LogP contribution in [0.2, 0.25) is 0 Å². The molecule has 2 rings (SSSR count). The van der Waals surface area contributed by atoms with Gasteiger partial charge in [0.05, 0.1) is 12.6 Å². The monoisotopic (exact) mass is 413 g/mol. The van der Waals surface area contributed by atoms with E-state index in [1.807, 2.05) is 0 Å². The molecule has 0 aromatic rings. The molecule has 164 valence electrons. The van der Waals surface area contributed by atoms with Crippen LogP contribution in [0.5, 0.6) is 0 Å². The van der Waals surface area contributed by atoms with Crippen molar-refractivity contribution >= 4 is 23.9 Å². The largest absolute Gasteiger partial charge is 0.444 e. The third kappa shape index (κ3) is 6.67. The van der Waals surface area contributed by atoms with E-state index >= 15 is 0 Å². The Balaban J connectivity index is 2.05. The number of hydrogen-bond acceptors (Lipinski definition) is 8. The van der Waals surface area contributed by atoms with Crippen molar-refractivity contribution in [2.75, 3.05) is 13.2 Å². The number of nitrogens with one attached hydrogen (secondary N) is 1. The van der Waals surface area contributed by atoms with Gasteiger partial charge in [-0.2, -0.15) is 5.48 Å². The van der Waals surface area contributed by atoms with E-state index in [9.17, 15) is 19.2 Å². The molecule has 0 saturated carbocycles. The molecule has 0 spiro atoms. The number of unbranched alkanes of at least 4 members (excludes halogenated alkanes) is 1. The van der Waals surface area contributed by atoms with Crippen LogP contribution in [0.3, 0.4) is 0 Å². The number of ether oxygens (including phenoxy) is 1. The summed E-state index contributed by atoms with van der Waals surface area (Å²) < 4.78 is 5.42. The smallest absolute Gasteiger partial charge is 0.411 e. The third-order valence-corrected chi connectivity index (χ3v) is 4.52. The lowest BCUT2D eigenvalue weighted by Gasteiger charge is -2.38. The number of piperidine rings is 1. The van der Waals surface area contributed by atoms with Crippen LogP contribution < -0.4 is 5.48 Å². The lowest BCUT2D eigenvalue weighted by atomic mass is 9.99. The zero-order valence-electron chi connectivity index (χ0n) is 17.6. The fourth-order valence-electron chi connectivity index (χ4n) is 3.04. The summed E-state index contributed by atoms with van der Waals surface area (Å²) in [5.41, 5.74) is 2.18. The van der Waals surface area contributed by atoms with Gasteiger partial charge in [-0.05, 0) is 40.0 Å². The summed E-state index contributed by atoms with van der Waals surface area (Å²) in [6.07, 6.45) is 2.08. The molecule has 2 saturated heterocycles. The highest BCUT2D eigenvalue weighted by molar-refractivity contribution is 6.01. The van der Waals surface area contributed by atoms with Crippen molar-refractivity contribution in [2.45, 2.75) is 83.9 Å². The van der Waals surface area contributed by atoms with Gasteiger partial charge in [-0.25, -0.2) is 9.59 Å². The summed E-state index contributed by atoms with van der Waals surface area (Å²) in [6, 6.07) is -1.14. The van der Waals surface area contributed by atoms with Gasteiger partial charge in [-0.1, -0.05) is 13.3 Å². The first-order valence-corrected chi connectivity index (χ1v) is 10.1. The highest BCUT2D eigenvalue weighted by atomic mass is 16.7. The van der Waals surface area contributed by atoms with Crippen LogP contribution >= 0.6 is 0 Å². The Morgan fingerprint density at radius 3 is 2.38 bits per heavy atom. The van der Waals surface area contributed by atoms with Crippen LogP contribution in [0, 0.1) is 0 Å². The second-order valence-electron chi connectivity index (χ2n) is 8.23. The van der Waals surface area contributed by atoms with Gasteiger partial charge in [0.15, 0.2) is 0 Å². The van der Waals surface area contributed by atoms with Gasteiger partial charge in [-0.3, -0.25) is 14.5 Å². The first kappa shape index (κ1) is 23.1. The van der Waals surface area contributed by atoms with Crippen LogP contribution in [-0.2, 0) is 28.8 Å². The van der Waals surface area contributed by atoms with Gasteiger partial charge < -0.3 is 14.4 Å². The number of nitrogens with zero attached hydrogens (tertiary/aromatic N) is 2. The number of carbonyl (C=O) groups excluding carboxylic acids is 4. The molecule has 0 aromatic heterocycles. The SMILES string of the molecule is CCCCON[C@@H]1CC[C@@H](C(=O)ON2C(=O)CCC2=O)N(C(=O)OC(C)(C)C)C1. The van der Waals surface area contributed by atoms with Gasteiger partial charge in [0.25, 0.3) is 11.8 Å². The minimum absolute atomic E-state index is 0.00759. The van der Waals surface area contributed by atoms with Crippen LogP contribution in [0.15, 0.2) is 0 Å². The molecule has 0 aromatic carbocycles. The van der Waals surface area contributed by atoms with Crippen LogP contribution in [-0.4, -0.2) is 64.7 Å². The molecule has 29 heavy (non-hydrogen) atoms. The van der Waals surface area contributed by atoms with Crippen molar-refractivity contribution in [1.82, 2.24) is 15.4 Å². The second-order valence-corrected chi connectivity index (χ2v) is 8.23. The molecule has 2 aliphatic heterocycles. The normalized spacial score (nSPS) is 22.8. The minimum Gasteiger partial charge on any atom is -0.444 e. The molecule has 1 N–H and O–H groups in total. The fraction of sp³-hybridized carbons (Fsp3) is 0.789. The van der Waals surface area contributed by atoms with Crippen molar-refractivity contribution in [1.29, 1.82) is 0 Å². The van der Waals surface area contributed by atoms with E-state index in [1.54, 1.807) is 20.8 Å². The number of imide groups is 1. The Labute approximate surface area is 170 Å². The maximum Gasteiger partial charge on any atom is 0.411 e. The number of carbonyl (C=O) groups is 4. The van der Waals surface area contributed by atoms with E-state index in [2.05, 4.69) is 12.4 Å². The minimum atomic E-state index is -0.959. The fourth-order valence-corrected chi connectivity index (χ4v) is 3.04. The molecular formula is C19H31N3O7. The number of hydrogen-bond donors (Lipinski definition) is 1. The van der Waals surface area contributed by atoms with Gasteiger partial charge in [-0.15, -0.1) is 5.06 Å². The van der Waals surface area contributed by atoms with E-state index in [0.29, 0.717) is 18.1 Å². The lowest BCUT2D eigenvalue weighted by Crippen LogP contribution is -2.57. The predicted molar refractivity (Wildman–Crippen MR) is 101 cm³/mol. The zero-order chi connectivity index (χ0) is 21.6. The first-order chi connectivity index (χ1) is 13.6. The molecule has 2 aliphatic rings. The Bertz CT molecular complexity index is 616. The maximum absolute atomic E-state index is 12.7. The second kappa shape index (κ2) is 10.0. The Morgan fingerprint density at radius 1 is 1.14 bits per heavy atom. The summed E-state index contributed by atoms with van der Waals surface area (Å²) in [5, 5.41) is 0.494. The highest BCUT2D eigenvalue weighted by Crippen LogP contribution is 2.23. The van der Waals surface area contributed by atoms with Crippen molar-refractivity contribution in [3.63, 3.8) is 0 Å². The van der Waals surface area contributed by atoms with Crippen molar-refractivity contribution in [2.24, 2.45) is 0 Å². The van der Waals surface area contributed by atoms with Crippen LogP contribution in [0.4, 0.5) is 4.79 Å². The molecule has 0 bridgehead atoms. The molecule has 2 heterocycles. The van der Waals surface area contributed by atoms with Gasteiger partial charge in [0, 0.05) is 19.4 Å². The molecule has 2 fully saturated rings. The van der Waals surface area contributed by atoms with E-state index in [0.717, 1.165) is 12.8 Å². The number of hydroxylamine groups is 3. The molecule has 0 aliphatic carbocycles. The lowest BCUT2D eigenvalue weighted by molar-refractivity contribution is -0.202.